The van der Waals surface area contributed by atoms with E-state index in [-0.39, 0.29) is 22.9 Å². The number of nitrogens with one attached hydrogen (secondary N) is 1. The lowest BCUT2D eigenvalue weighted by Crippen LogP contribution is -2.35. The predicted molar refractivity (Wildman–Crippen MR) is 114 cm³/mol. The number of para-hydroxylation sites is 1. The van der Waals surface area contributed by atoms with Gasteiger partial charge in [-0.3, -0.25) is 9.59 Å². The van der Waals surface area contributed by atoms with Gasteiger partial charge in [0.1, 0.15) is 0 Å². The summed E-state index contributed by atoms with van der Waals surface area (Å²) in [5, 5.41) is 2.66. The molecule has 1 saturated heterocycles. The van der Waals surface area contributed by atoms with Gasteiger partial charge in [-0.2, -0.15) is 0 Å². The molecular weight excluding hydrogens is 396 g/mol. The maximum absolute atomic E-state index is 13.1. The van der Waals surface area contributed by atoms with E-state index in [0.29, 0.717) is 18.7 Å². The van der Waals surface area contributed by atoms with Gasteiger partial charge in [0.05, 0.1) is 17.5 Å². The molecule has 1 aromatic heterocycles. The molecule has 2 amide bonds. The third-order valence-corrected chi connectivity index (χ3v) is 5.11. The molecule has 158 valence electrons. The van der Waals surface area contributed by atoms with Gasteiger partial charge in [0.15, 0.2) is 5.76 Å². The zero-order chi connectivity index (χ0) is 21.6. The number of carbonyl (C=O) groups excluding carboxylic acids is 3. The number of esters is 1. The molecule has 0 unspecified atom stereocenters. The lowest BCUT2D eigenvalue weighted by molar-refractivity contribution is -0.140. The van der Waals surface area contributed by atoms with Crippen LogP contribution in [-0.2, 0) is 9.53 Å². The third kappa shape index (κ3) is 4.66. The highest BCUT2D eigenvalue weighted by atomic mass is 16.5. The number of nitrogens with zero attached hydrogens (tertiary/aromatic N) is 1. The Hall–Kier alpha value is -3.87. The van der Waals surface area contributed by atoms with E-state index in [9.17, 15) is 14.4 Å². The molecule has 2 heterocycles. The van der Waals surface area contributed by atoms with E-state index < -0.39 is 18.0 Å². The summed E-state index contributed by atoms with van der Waals surface area (Å²) >= 11 is 0. The molecule has 2 aromatic carbocycles. The molecule has 7 heteroatoms. The topological polar surface area (TPSA) is 88.8 Å². The second-order valence-electron chi connectivity index (χ2n) is 7.21. The zero-order valence-corrected chi connectivity index (χ0v) is 16.8. The van der Waals surface area contributed by atoms with Gasteiger partial charge in [-0.15, -0.1) is 0 Å². The van der Waals surface area contributed by atoms with Crippen LogP contribution < -0.4 is 5.32 Å². The fourth-order valence-corrected chi connectivity index (χ4v) is 3.52. The molecule has 0 spiro atoms. The summed E-state index contributed by atoms with van der Waals surface area (Å²) in [6.07, 6.45) is 2.20. The highest BCUT2D eigenvalue weighted by Crippen LogP contribution is 2.26. The van der Waals surface area contributed by atoms with Gasteiger partial charge in [0.2, 0.25) is 6.10 Å². The minimum atomic E-state index is -1.05. The number of hydrogen-bond acceptors (Lipinski definition) is 5. The summed E-state index contributed by atoms with van der Waals surface area (Å²) in [5.41, 5.74) is 1.02. The number of carbonyl (C=O) groups is 3. The molecule has 1 N–H and O–H groups in total. The van der Waals surface area contributed by atoms with Crippen LogP contribution in [0, 0.1) is 0 Å². The van der Waals surface area contributed by atoms with E-state index in [1.54, 1.807) is 59.5 Å². The van der Waals surface area contributed by atoms with Crippen molar-refractivity contribution in [1.82, 2.24) is 4.90 Å². The number of benzene rings is 2. The van der Waals surface area contributed by atoms with Gasteiger partial charge in [-0.05, 0) is 37.1 Å². The molecule has 1 atom stereocenters. The Bertz CT molecular complexity index is 1060. The van der Waals surface area contributed by atoms with Crippen molar-refractivity contribution in [2.24, 2.45) is 0 Å². The van der Waals surface area contributed by atoms with Crippen molar-refractivity contribution in [3.8, 4) is 0 Å². The maximum Gasteiger partial charge on any atom is 0.341 e. The molecule has 31 heavy (non-hydrogen) atoms. The van der Waals surface area contributed by atoms with Crippen molar-refractivity contribution >= 4 is 23.5 Å². The lowest BCUT2D eigenvalue weighted by atomic mass is 10.1. The van der Waals surface area contributed by atoms with E-state index in [1.165, 1.54) is 12.3 Å². The first-order chi connectivity index (χ1) is 15.1. The molecule has 0 bridgehead atoms. The van der Waals surface area contributed by atoms with Crippen LogP contribution in [0.3, 0.4) is 0 Å². The van der Waals surface area contributed by atoms with Crippen molar-refractivity contribution < 1.29 is 23.5 Å². The normalized spacial score (nSPS) is 14.1. The van der Waals surface area contributed by atoms with Crippen LogP contribution in [0.25, 0.3) is 0 Å². The third-order valence-electron chi connectivity index (χ3n) is 5.11. The molecule has 0 saturated carbocycles. The van der Waals surface area contributed by atoms with Crippen LogP contribution in [0.15, 0.2) is 77.4 Å². The standard InChI is InChI=1S/C24H22N2O5/c27-22(20-13-8-16-30-20)25-19-12-5-4-11-18(19)24(29)31-21(17-9-2-1-3-10-17)23(28)26-14-6-7-15-26/h1-5,8-13,16,21H,6-7,14-15H2,(H,25,27)/t21-/m1/s1. The number of ether oxygens (including phenoxy) is 1. The first kappa shape index (κ1) is 20.4. The van der Waals surface area contributed by atoms with E-state index in [2.05, 4.69) is 5.32 Å². The Kier molecular flexibility index (Phi) is 6.12. The van der Waals surface area contributed by atoms with Crippen LogP contribution in [-0.4, -0.2) is 35.8 Å². The Morgan fingerprint density at radius 3 is 2.32 bits per heavy atom. The number of hydrogen-bond donors (Lipinski definition) is 1. The summed E-state index contributed by atoms with van der Waals surface area (Å²) in [6.45, 7) is 1.30. The lowest BCUT2D eigenvalue weighted by Gasteiger charge is -2.24. The van der Waals surface area contributed by atoms with E-state index in [0.717, 1.165) is 12.8 Å². The second-order valence-corrected chi connectivity index (χ2v) is 7.21. The highest BCUT2D eigenvalue weighted by molar-refractivity contribution is 6.07. The van der Waals surface area contributed by atoms with Crippen LogP contribution in [0.4, 0.5) is 5.69 Å². The van der Waals surface area contributed by atoms with Gasteiger partial charge < -0.3 is 19.4 Å². The molecule has 1 aliphatic rings. The summed E-state index contributed by atoms with van der Waals surface area (Å²) < 4.78 is 10.8. The molecule has 7 nitrogen and oxygen atoms in total. The first-order valence-corrected chi connectivity index (χ1v) is 10.1. The van der Waals surface area contributed by atoms with Crippen molar-refractivity contribution in [2.45, 2.75) is 18.9 Å². The molecule has 3 aromatic rings. The molecule has 0 aliphatic carbocycles. The summed E-state index contributed by atoms with van der Waals surface area (Å²) in [5.74, 6) is -1.31. The minimum Gasteiger partial charge on any atom is -0.459 e. The van der Waals surface area contributed by atoms with E-state index >= 15 is 0 Å². The Morgan fingerprint density at radius 2 is 1.61 bits per heavy atom. The van der Waals surface area contributed by atoms with Crippen LogP contribution in [0.5, 0.6) is 0 Å². The summed E-state index contributed by atoms with van der Waals surface area (Å²) in [4.78, 5) is 40.2. The van der Waals surface area contributed by atoms with Crippen LogP contribution in [0.2, 0.25) is 0 Å². The van der Waals surface area contributed by atoms with E-state index in [4.69, 9.17) is 9.15 Å². The average Bonchev–Trinajstić information content (AvgIpc) is 3.52. The number of furan rings is 1. The SMILES string of the molecule is O=C(Nc1ccccc1C(=O)O[C@@H](C(=O)N1CCCC1)c1ccccc1)c1ccco1. The molecule has 4 rings (SSSR count). The Balaban J connectivity index is 1.57. The first-order valence-electron chi connectivity index (χ1n) is 10.1. The highest BCUT2D eigenvalue weighted by Gasteiger charge is 2.32. The van der Waals surface area contributed by atoms with Crippen LogP contribution >= 0.6 is 0 Å². The number of rotatable bonds is 6. The molecule has 1 fully saturated rings. The molecular formula is C24H22N2O5. The Labute approximate surface area is 179 Å². The quantitative estimate of drug-likeness (QED) is 0.610. The second kappa shape index (κ2) is 9.30. The van der Waals surface area contributed by atoms with E-state index in [1.807, 2.05) is 6.07 Å². The van der Waals surface area contributed by atoms with Crippen molar-refractivity contribution in [1.29, 1.82) is 0 Å². The van der Waals surface area contributed by atoms with Gasteiger partial charge in [0.25, 0.3) is 11.8 Å². The van der Waals surface area contributed by atoms with Gasteiger partial charge in [-0.25, -0.2) is 4.79 Å². The minimum absolute atomic E-state index is 0.120. The smallest absolute Gasteiger partial charge is 0.341 e. The largest absolute Gasteiger partial charge is 0.459 e. The maximum atomic E-state index is 13.1. The van der Waals surface area contributed by atoms with Gasteiger partial charge >= 0.3 is 5.97 Å². The fourth-order valence-electron chi connectivity index (χ4n) is 3.52. The van der Waals surface area contributed by atoms with Crippen LogP contribution in [0.1, 0.15) is 45.4 Å². The molecule has 0 radical (unpaired) electrons. The van der Waals surface area contributed by atoms with Crippen molar-refractivity contribution in [3.05, 3.63) is 89.9 Å². The number of likely N-dealkylation sites (tertiary alicyclic amines) is 1. The zero-order valence-electron chi connectivity index (χ0n) is 16.8. The van der Waals surface area contributed by atoms with Crippen molar-refractivity contribution in [3.63, 3.8) is 0 Å². The summed E-state index contributed by atoms with van der Waals surface area (Å²) in [6, 6.07) is 18.6. The van der Waals surface area contributed by atoms with Crippen molar-refractivity contribution in [2.75, 3.05) is 18.4 Å². The number of anilines is 1. The monoisotopic (exact) mass is 418 g/mol. The number of amides is 2. The fraction of sp³-hybridized carbons (Fsp3) is 0.208. The van der Waals surface area contributed by atoms with Gasteiger partial charge in [0, 0.05) is 18.7 Å². The van der Waals surface area contributed by atoms with Gasteiger partial charge in [-0.1, -0.05) is 42.5 Å². The summed E-state index contributed by atoms with van der Waals surface area (Å²) in [7, 11) is 0. The molecule has 1 aliphatic heterocycles. The predicted octanol–water partition coefficient (Wildman–Crippen LogP) is 4.05. The Morgan fingerprint density at radius 1 is 0.903 bits per heavy atom. The average molecular weight is 418 g/mol.